The smallest absolute Gasteiger partial charge is 0.0272 e. The highest BCUT2D eigenvalue weighted by Gasteiger charge is 2.38. The molecule has 0 heteroatoms. The standard InChI is InChI=1S/C12H22/c1-11-7-3-6-10-12(11)8-4-2-5-9-12/h11H,2-10H2,1H3. The van der Waals surface area contributed by atoms with Gasteiger partial charge in [0, 0.05) is 0 Å². The third kappa shape index (κ3) is 1.41. The summed E-state index contributed by atoms with van der Waals surface area (Å²) in [5, 5.41) is 0. The second-order valence-electron chi connectivity index (χ2n) is 5.07. The fourth-order valence-corrected chi connectivity index (χ4v) is 3.48. The van der Waals surface area contributed by atoms with Gasteiger partial charge in [0.1, 0.15) is 0 Å². The SMILES string of the molecule is CC1CCCCC12CCCCC2. The first-order valence-corrected chi connectivity index (χ1v) is 5.83. The van der Waals surface area contributed by atoms with E-state index in [1.165, 1.54) is 38.5 Å². The van der Waals surface area contributed by atoms with Gasteiger partial charge in [-0.1, -0.05) is 45.4 Å². The minimum atomic E-state index is 0.816. The van der Waals surface area contributed by atoms with Gasteiger partial charge in [-0.2, -0.15) is 0 Å². The lowest BCUT2D eigenvalue weighted by atomic mass is 9.60. The Hall–Kier alpha value is 0. The molecule has 0 bridgehead atoms. The van der Waals surface area contributed by atoms with Crippen molar-refractivity contribution in [3.05, 3.63) is 0 Å². The molecule has 0 N–H and O–H groups in total. The minimum Gasteiger partial charge on any atom is -0.0620 e. The predicted octanol–water partition coefficient (Wildman–Crippen LogP) is 4.15. The summed E-state index contributed by atoms with van der Waals surface area (Å²) in [6, 6.07) is 0. The molecule has 0 nitrogen and oxygen atoms in total. The Bertz CT molecular complexity index is 134. The highest BCUT2D eigenvalue weighted by Crippen LogP contribution is 2.50. The number of hydrogen-bond donors (Lipinski definition) is 0. The lowest BCUT2D eigenvalue weighted by molar-refractivity contribution is 0.0592. The van der Waals surface area contributed by atoms with E-state index >= 15 is 0 Å². The summed E-state index contributed by atoms with van der Waals surface area (Å²) in [5.74, 6) is 1.03. The Morgan fingerprint density at radius 2 is 1.42 bits per heavy atom. The van der Waals surface area contributed by atoms with Gasteiger partial charge in [-0.3, -0.25) is 0 Å². The third-order valence-electron chi connectivity index (χ3n) is 4.46. The lowest BCUT2D eigenvalue weighted by Crippen LogP contribution is -2.34. The van der Waals surface area contributed by atoms with Gasteiger partial charge in [-0.05, 0) is 30.6 Å². The van der Waals surface area contributed by atoms with E-state index in [2.05, 4.69) is 6.92 Å². The van der Waals surface area contributed by atoms with E-state index in [9.17, 15) is 0 Å². The molecule has 1 unspecified atom stereocenters. The van der Waals surface area contributed by atoms with Crippen molar-refractivity contribution < 1.29 is 0 Å². The van der Waals surface area contributed by atoms with Crippen molar-refractivity contribution in [2.45, 2.75) is 64.7 Å². The molecule has 0 heterocycles. The molecule has 1 atom stereocenters. The van der Waals surface area contributed by atoms with Crippen LogP contribution in [0.25, 0.3) is 0 Å². The largest absolute Gasteiger partial charge is 0.0620 e. The monoisotopic (exact) mass is 166 g/mol. The normalized spacial score (nSPS) is 35.2. The van der Waals surface area contributed by atoms with Crippen molar-refractivity contribution in [3.8, 4) is 0 Å². The van der Waals surface area contributed by atoms with E-state index in [0.717, 1.165) is 11.3 Å². The van der Waals surface area contributed by atoms with E-state index in [-0.39, 0.29) is 0 Å². The van der Waals surface area contributed by atoms with Crippen LogP contribution in [0.15, 0.2) is 0 Å². The van der Waals surface area contributed by atoms with Crippen LogP contribution in [-0.2, 0) is 0 Å². The fourth-order valence-electron chi connectivity index (χ4n) is 3.48. The van der Waals surface area contributed by atoms with Gasteiger partial charge >= 0.3 is 0 Å². The van der Waals surface area contributed by atoms with Crippen LogP contribution >= 0.6 is 0 Å². The zero-order chi connectivity index (χ0) is 8.44. The summed E-state index contributed by atoms with van der Waals surface area (Å²) in [7, 11) is 0. The maximum absolute atomic E-state index is 2.50. The number of hydrogen-bond acceptors (Lipinski definition) is 0. The first kappa shape index (κ1) is 8.59. The van der Waals surface area contributed by atoms with Gasteiger partial charge in [0.25, 0.3) is 0 Å². The van der Waals surface area contributed by atoms with Crippen molar-refractivity contribution in [2.24, 2.45) is 11.3 Å². The van der Waals surface area contributed by atoms with Gasteiger partial charge in [0.05, 0.1) is 0 Å². The van der Waals surface area contributed by atoms with Crippen LogP contribution in [0, 0.1) is 11.3 Å². The summed E-state index contributed by atoms with van der Waals surface area (Å²) in [6.45, 7) is 2.50. The molecule has 0 amide bonds. The zero-order valence-electron chi connectivity index (χ0n) is 8.44. The molecule has 70 valence electrons. The van der Waals surface area contributed by atoms with Crippen LogP contribution in [0.2, 0.25) is 0 Å². The highest BCUT2D eigenvalue weighted by atomic mass is 14.4. The second kappa shape index (κ2) is 3.40. The molecule has 2 aliphatic carbocycles. The molecule has 2 saturated carbocycles. The summed E-state index contributed by atoms with van der Waals surface area (Å²) < 4.78 is 0. The zero-order valence-corrected chi connectivity index (χ0v) is 8.44. The molecule has 1 spiro atoms. The molecular weight excluding hydrogens is 144 g/mol. The van der Waals surface area contributed by atoms with Crippen molar-refractivity contribution in [2.75, 3.05) is 0 Å². The first-order chi connectivity index (χ1) is 5.83. The summed E-state index contributed by atoms with van der Waals surface area (Å²) >= 11 is 0. The molecule has 0 aromatic heterocycles. The minimum absolute atomic E-state index is 0.816. The van der Waals surface area contributed by atoms with Gasteiger partial charge in [0.2, 0.25) is 0 Å². The molecular formula is C12H22. The topological polar surface area (TPSA) is 0 Å². The maximum atomic E-state index is 2.50. The molecule has 0 aromatic carbocycles. The quantitative estimate of drug-likeness (QED) is 0.507. The molecule has 12 heavy (non-hydrogen) atoms. The molecule has 0 radical (unpaired) electrons. The highest BCUT2D eigenvalue weighted by molar-refractivity contribution is 4.89. The maximum Gasteiger partial charge on any atom is -0.0272 e. The average Bonchev–Trinajstić information content (AvgIpc) is 2.12. The van der Waals surface area contributed by atoms with E-state index in [0.29, 0.717) is 0 Å². The van der Waals surface area contributed by atoms with E-state index in [4.69, 9.17) is 0 Å². The van der Waals surface area contributed by atoms with E-state index < -0.39 is 0 Å². The van der Waals surface area contributed by atoms with E-state index in [1.807, 2.05) is 0 Å². The van der Waals surface area contributed by atoms with Crippen molar-refractivity contribution in [1.82, 2.24) is 0 Å². The Kier molecular flexibility index (Phi) is 2.43. The fraction of sp³-hybridized carbons (Fsp3) is 1.00. The van der Waals surface area contributed by atoms with Gasteiger partial charge in [-0.15, -0.1) is 0 Å². The number of rotatable bonds is 0. The van der Waals surface area contributed by atoms with Crippen LogP contribution in [0.4, 0.5) is 0 Å². The molecule has 0 aromatic rings. The van der Waals surface area contributed by atoms with Crippen molar-refractivity contribution >= 4 is 0 Å². The average molecular weight is 166 g/mol. The van der Waals surface area contributed by atoms with Gasteiger partial charge in [0.15, 0.2) is 0 Å². The van der Waals surface area contributed by atoms with Crippen molar-refractivity contribution in [1.29, 1.82) is 0 Å². The molecule has 2 fully saturated rings. The Labute approximate surface area is 76.7 Å². The molecule has 2 aliphatic rings. The Morgan fingerprint density at radius 1 is 0.833 bits per heavy atom. The van der Waals surface area contributed by atoms with Crippen LogP contribution < -0.4 is 0 Å². The van der Waals surface area contributed by atoms with Crippen LogP contribution in [-0.4, -0.2) is 0 Å². The van der Waals surface area contributed by atoms with Gasteiger partial charge < -0.3 is 0 Å². The molecule has 0 saturated heterocycles. The van der Waals surface area contributed by atoms with Crippen molar-refractivity contribution in [3.63, 3.8) is 0 Å². The molecule has 2 rings (SSSR count). The molecule has 0 aliphatic heterocycles. The third-order valence-corrected chi connectivity index (χ3v) is 4.46. The summed E-state index contributed by atoms with van der Waals surface area (Å²) in [4.78, 5) is 0. The Morgan fingerprint density at radius 3 is 2.00 bits per heavy atom. The Balaban J connectivity index is 2.04. The van der Waals surface area contributed by atoms with Crippen LogP contribution in [0.1, 0.15) is 64.7 Å². The van der Waals surface area contributed by atoms with Gasteiger partial charge in [-0.25, -0.2) is 0 Å². The predicted molar refractivity (Wildman–Crippen MR) is 53.2 cm³/mol. The van der Waals surface area contributed by atoms with Crippen LogP contribution in [0.3, 0.4) is 0 Å². The van der Waals surface area contributed by atoms with Crippen LogP contribution in [0.5, 0.6) is 0 Å². The lowest BCUT2D eigenvalue weighted by Gasteiger charge is -2.45. The van der Waals surface area contributed by atoms with E-state index in [1.54, 1.807) is 19.3 Å². The first-order valence-electron chi connectivity index (χ1n) is 5.83. The second-order valence-corrected chi connectivity index (χ2v) is 5.07. The summed E-state index contributed by atoms with van der Waals surface area (Å²) in [6.07, 6.45) is 13.7. The summed E-state index contributed by atoms with van der Waals surface area (Å²) in [5.41, 5.74) is 0.816.